The second kappa shape index (κ2) is 3.98. The molecule has 0 aliphatic rings. The average Bonchev–Trinajstić information content (AvgIpc) is 1.95. The summed E-state index contributed by atoms with van der Waals surface area (Å²) in [4.78, 5) is 15.1. The van der Waals surface area contributed by atoms with Gasteiger partial charge in [-0.15, -0.1) is 0 Å². The Labute approximate surface area is 79.9 Å². The molecule has 0 amide bonds. The Kier molecular flexibility index (Phi) is 3.67. The third-order valence-corrected chi connectivity index (χ3v) is 1.29. The Bertz CT molecular complexity index is 250. The number of alkyl halides is 3. The summed E-state index contributed by atoms with van der Waals surface area (Å²) in [6.45, 7) is 5.30. The first-order valence-corrected chi connectivity index (χ1v) is 3.88. The van der Waals surface area contributed by atoms with Gasteiger partial charge in [0, 0.05) is 0 Å². The first-order chi connectivity index (χ1) is 6.05. The molecule has 0 rings (SSSR count). The van der Waals surface area contributed by atoms with Crippen molar-refractivity contribution in [3.05, 3.63) is 0 Å². The van der Waals surface area contributed by atoms with Crippen LogP contribution in [0.1, 0.15) is 27.7 Å². The van der Waals surface area contributed by atoms with Crippen LogP contribution in [0.5, 0.6) is 0 Å². The number of carbonyl (C=O) groups is 1. The van der Waals surface area contributed by atoms with Crippen molar-refractivity contribution in [2.45, 2.75) is 33.9 Å². The predicted octanol–water partition coefficient (Wildman–Crippen LogP) is 2.51. The van der Waals surface area contributed by atoms with Gasteiger partial charge in [-0.05, 0) is 27.7 Å². The molecule has 0 spiro atoms. The van der Waals surface area contributed by atoms with Crippen LogP contribution in [0, 0.1) is 5.41 Å². The monoisotopic (exact) mass is 211 g/mol. The molecule has 0 bridgehead atoms. The second-order valence-electron chi connectivity index (χ2n) is 3.80. The van der Waals surface area contributed by atoms with E-state index in [1.54, 1.807) is 0 Å². The second-order valence-corrected chi connectivity index (χ2v) is 3.80. The number of hydrogen-bond acceptors (Lipinski definition) is 3. The molecule has 3 nitrogen and oxygen atoms in total. The lowest BCUT2D eigenvalue weighted by molar-refractivity contribution is -0.153. The van der Waals surface area contributed by atoms with Crippen molar-refractivity contribution in [3.8, 4) is 0 Å². The maximum Gasteiger partial charge on any atom is 0.432 e. The topological polar surface area (TPSA) is 38.7 Å². The molecule has 0 atom stereocenters. The first kappa shape index (κ1) is 12.9. The van der Waals surface area contributed by atoms with Gasteiger partial charge in [0.15, 0.2) is 5.71 Å². The van der Waals surface area contributed by atoms with Crippen LogP contribution in [0.2, 0.25) is 0 Å². The molecular formula is C8H12F3NO2. The maximum atomic E-state index is 11.9. The van der Waals surface area contributed by atoms with Gasteiger partial charge < -0.3 is 4.84 Å². The van der Waals surface area contributed by atoms with E-state index in [1.165, 1.54) is 20.8 Å². The van der Waals surface area contributed by atoms with Crippen LogP contribution >= 0.6 is 0 Å². The highest BCUT2D eigenvalue weighted by Gasteiger charge is 2.33. The van der Waals surface area contributed by atoms with Gasteiger partial charge in [-0.2, -0.15) is 13.2 Å². The Morgan fingerprint density at radius 3 is 1.93 bits per heavy atom. The molecule has 0 saturated carbocycles. The Morgan fingerprint density at radius 1 is 1.21 bits per heavy atom. The van der Waals surface area contributed by atoms with E-state index in [2.05, 4.69) is 9.99 Å². The van der Waals surface area contributed by atoms with Crippen LogP contribution < -0.4 is 0 Å². The highest BCUT2D eigenvalue weighted by molar-refractivity contribution is 5.87. The lowest BCUT2D eigenvalue weighted by Gasteiger charge is -2.13. The van der Waals surface area contributed by atoms with Gasteiger partial charge in [-0.25, -0.2) is 4.79 Å². The molecule has 0 unspecified atom stereocenters. The minimum Gasteiger partial charge on any atom is -0.317 e. The van der Waals surface area contributed by atoms with Crippen LogP contribution in [0.3, 0.4) is 0 Å². The molecule has 0 aliphatic heterocycles. The number of carbonyl (C=O) groups excluding carboxylic acids is 1. The van der Waals surface area contributed by atoms with Gasteiger partial charge in [0.1, 0.15) is 0 Å². The zero-order chi connectivity index (χ0) is 11.6. The van der Waals surface area contributed by atoms with Crippen molar-refractivity contribution >= 4 is 11.7 Å². The van der Waals surface area contributed by atoms with E-state index in [4.69, 9.17) is 0 Å². The van der Waals surface area contributed by atoms with Gasteiger partial charge in [0.25, 0.3) is 0 Å². The van der Waals surface area contributed by atoms with Crippen molar-refractivity contribution < 1.29 is 22.8 Å². The minimum absolute atomic E-state index is 0.732. The molecule has 0 heterocycles. The van der Waals surface area contributed by atoms with E-state index in [-0.39, 0.29) is 0 Å². The van der Waals surface area contributed by atoms with Gasteiger partial charge in [-0.3, -0.25) is 0 Å². The predicted molar refractivity (Wildman–Crippen MR) is 44.7 cm³/mol. The fourth-order valence-electron chi connectivity index (χ4n) is 0.299. The summed E-state index contributed by atoms with van der Waals surface area (Å²) in [6, 6.07) is 0. The van der Waals surface area contributed by atoms with Gasteiger partial charge >= 0.3 is 12.1 Å². The third kappa shape index (κ3) is 4.25. The quantitative estimate of drug-likeness (QED) is 0.379. The molecule has 0 aromatic rings. The summed E-state index contributed by atoms with van der Waals surface area (Å²) in [5.41, 5.74) is -2.05. The summed E-state index contributed by atoms with van der Waals surface area (Å²) >= 11 is 0. The zero-order valence-corrected chi connectivity index (χ0v) is 8.40. The first-order valence-electron chi connectivity index (χ1n) is 3.88. The highest BCUT2D eigenvalue weighted by atomic mass is 19.4. The van der Waals surface area contributed by atoms with Crippen LogP contribution in [0.15, 0.2) is 5.16 Å². The van der Waals surface area contributed by atoms with Crippen molar-refractivity contribution in [1.82, 2.24) is 0 Å². The summed E-state index contributed by atoms with van der Waals surface area (Å²) in [5.74, 6) is -0.805. The van der Waals surface area contributed by atoms with Crippen LogP contribution in [-0.4, -0.2) is 17.9 Å². The van der Waals surface area contributed by atoms with Gasteiger partial charge in [-0.1, -0.05) is 5.16 Å². The molecule has 0 N–H and O–H groups in total. The summed E-state index contributed by atoms with van der Waals surface area (Å²) in [7, 11) is 0. The SMILES string of the molecule is C/C(=N\OC(=O)C(C)(C)C)C(F)(F)F. The van der Waals surface area contributed by atoms with E-state index in [1.807, 2.05) is 0 Å². The number of halogens is 3. The smallest absolute Gasteiger partial charge is 0.317 e. The Hall–Kier alpha value is -1.07. The molecular weight excluding hydrogens is 199 g/mol. The lowest BCUT2D eigenvalue weighted by Crippen LogP contribution is -2.24. The molecule has 0 aromatic heterocycles. The average molecular weight is 211 g/mol. The number of nitrogens with zero attached hydrogens (tertiary/aromatic N) is 1. The Balaban J connectivity index is 4.39. The number of oxime groups is 1. The van der Waals surface area contributed by atoms with E-state index in [0.29, 0.717) is 0 Å². The highest BCUT2D eigenvalue weighted by Crippen LogP contribution is 2.19. The molecule has 0 radical (unpaired) electrons. The van der Waals surface area contributed by atoms with Crippen molar-refractivity contribution in [1.29, 1.82) is 0 Å². The molecule has 14 heavy (non-hydrogen) atoms. The van der Waals surface area contributed by atoms with E-state index in [0.717, 1.165) is 6.92 Å². The summed E-state index contributed by atoms with van der Waals surface area (Å²) < 4.78 is 35.6. The molecule has 0 aromatic carbocycles. The van der Waals surface area contributed by atoms with Gasteiger partial charge in [0.2, 0.25) is 0 Å². The summed E-state index contributed by atoms with van der Waals surface area (Å²) in [6.07, 6.45) is -4.56. The fourth-order valence-corrected chi connectivity index (χ4v) is 0.299. The third-order valence-electron chi connectivity index (χ3n) is 1.29. The van der Waals surface area contributed by atoms with E-state index >= 15 is 0 Å². The van der Waals surface area contributed by atoms with Crippen LogP contribution in [-0.2, 0) is 9.63 Å². The summed E-state index contributed by atoms with van der Waals surface area (Å²) in [5, 5.41) is 2.70. The van der Waals surface area contributed by atoms with E-state index in [9.17, 15) is 18.0 Å². The molecule has 0 aliphatic carbocycles. The minimum atomic E-state index is -4.56. The molecule has 0 saturated heterocycles. The fraction of sp³-hybridized carbons (Fsp3) is 0.750. The lowest BCUT2D eigenvalue weighted by atomic mass is 9.98. The van der Waals surface area contributed by atoms with Crippen LogP contribution in [0.25, 0.3) is 0 Å². The van der Waals surface area contributed by atoms with Gasteiger partial charge in [0.05, 0.1) is 5.41 Å². The number of hydrogen-bond donors (Lipinski definition) is 0. The zero-order valence-electron chi connectivity index (χ0n) is 8.40. The van der Waals surface area contributed by atoms with Crippen molar-refractivity contribution in [3.63, 3.8) is 0 Å². The maximum absolute atomic E-state index is 11.9. The number of rotatable bonds is 1. The normalized spacial score (nSPS) is 14.1. The molecule has 82 valence electrons. The van der Waals surface area contributed by atoms with Crippen molar-refractivity contribution in [2.75, 3.05) is 0 Å². The standard InChI is InChI=1S/C8H12F3NO2/c1-5(8(9,10)11)12-14-6(13)7(2,3)4/h1-4H3/b12-5+. The van der Waals surface area contributed by atoms with Crippen molar-refractivity contribution in [2.24, 2.45) is 10.6 Å². The molecule has 6 heteroatoms. The Morgan fingerprint density at radius 2 is 1.64 bits per heavy atom. The largest absolute Gasteiger partial charge is 0.432 e. The molecule has 0 fully saturated rings. The van der Waals surface area contributed by atoms with Crippen LogP contribution in [0.4, 0.5) is 13.2 Å². The van der Waals surface area contributed by atoms with E-state index < -0.39 is 23.3 Å².